The van der Waals surface area contributed by atoms with Gasteiger partial charge in [-0.05, 0) is 44.2 Å². The lowest BCUT2D eigenvalue weighted by Crippen LogP contribution is -2.45. The van der Waals surface area contributed by atoms with Crippen LogP contribution in [0.4, 0.5) is 0 Å². The minimum absolute atomic E-state index is 0.156. The molecule has 3 N–H and O–H groups in total. The largest absolute Gasteiger partial charge is 0.342 e. The molecule has 5 heteroatoms. The summed E-state index contributed by atoms with van der Waals surface area (Å²) in [5.41, 5.74) is 9.21. The van der Waals surface area contributed by atoms with Gasteiger partial charge in [0.25, 0.3) is 0 Å². The van der Waals surface area contributed by atoms with Gasteiger partial charge in [-0.2, -0.15) is 0 Å². The van der Waals surface area contributed by atoms with Crippen molar-refractivity contribution in [2.45, 2.75) is 45.6 Å². The topological polar surface area (TPSA) is 75.0 Å². The van der Waals surface area contributed by atoms with Gasteiger partial charge in [-0.1, -0.05) is 12.1 Å². The number of hydrogen-bond acceptors (Lipinski definition) is 3. The molecule has 0 radical (unpaired) electrons. The zero-order valence-electron chi connectivity index (χ0n) is 14.0. The first-order valence-electron chi connectivity index (χ1n) is 8.52. The lowest BCUT2D eigenvalue weighted by molar-refractivity contribution is -0.133. The van der Waals surface area contributed by atoms with Crippen LogP contribution >= 0.6 is 0 Å². The van der Waals surface area contributed by atoms with E-state index in [2.05, 4.69) is 23.0 Å². The number of para-hydroxylation sites is 1. The number of aromatic amines is 1. The van der Waals surface area contributed by atoms with Crippen LogP contribution < -0.4 is 5.73 Å². The van der Waals surface area contributed by atoms with Crippen molar-refractivity contribution in [3.05, 3.63) is 29.6 Å². The van der Waals surface area contributed by atoms with E-state index in [1.807, 2.05) is 24.0 Å². The number of nitrogens with two attached hydrogens (primary N) is 1. The zero-order valence-corrected chi connectivity index (χ0v) is 14.0. The highest BCUT2D eigenvalue weighted by atomic mass is 16.2. The average Bonchev–Trinajstić information content (AvgIpc) is 2.97. The lowest BCUT2D eigenvalue weighted by atomic mass is 9.92. The number of aryl methyl sites for hydroxylation is 2. The summed E-state index contributed by atoms with van der Waals surface area (Å²) >= 11 is 0. The van der Waals surface area contributed by atoms with Gasteiger partial charge in [0.15, 0.2) is 0 Å². The van der Waals surface area contributed by atoms with Gasteiger partial charge >= 0.3 is 0 Å². The van der Waals surface area contributed by atoms with E-state index in [4.69, 9.17) is 5.73 Å². The van der Waals surface area contributed by atoms with E-state index >= 15 is 0 Å². The molecule has 23 heavy (non-hydrogen) atoms. The number of benzene rings is 1. The quantitative estimate of drug-likeness (QED) is 0.910. The summed E-state index contributed by atoms with van der Waals surface area (Å²) in [7, 11) is 0. The molecule has 124 valence electrons. The van der Waals surface area contributed by atoms with Crippen LogP contribution in [0.5, 0.6) is 0 Å². The van der Waals surface area contributed by atoms with Gasteiger partial charge in [-0.3, -0.25) is 4.79 Å². The number of hydrogen-bond donors (Lipinski definition) is 2. The van der Waals surface area contributed by atoms with Crippen molar-refractivity contribution in [1.29, 1.82) is 0 Å². The smallest absolute Gasteiger partial charge is 0.223 e. The Balaban J connectivity index is 1.60. The Bertz CT molecular complexity index is 691. The van der Waals surface area contributed by atoms with Crippen molar-refractivity contribution in [3.63, 3.8) is 0 Å². The second-order valence-corrected chi connectivity index (χ2v) is 6.76. The fourth-order valence-corrected chi connectivity index (χ4v) is 3.39. The van der Waals surface area contributed by atoms with Crippen LogP contribution in [0, 0.1) is 12.8 Å². The molecule has 1 aromatic carbocycles. The highest BCUT2D eigenvalue weighted by molar-refractivity contribution is 5.79. The van der Waals surface area contributed by atoms with E-state index in [0.717, 1.165) is 48.4 Å². The van der Waals surface area contributed by atoms with Gasteiger partial charge in [0.2, 0.25) is 5.91 Å². The predicted octanol–water partition coefficient (Wildman–Crippen LogP) is 2.39. The van der Waals surface area contributed by atoms with Crippen LogP contribution in [0.1, 0.15) is 37.6 Å². The third-order valence-corrected chi connectivity index (χ3v) is 4.89. The zero-order chi connectivity index (χ0) is 16.4. The number of nitrogens with zero attached hydrogens (tertiary/aromatic N) is 2. The van der Waals surface area contributed by atoms with E-state index < -0.39 is 0 Å². The molecular weight excluding hydrogens is 288 g/mol. The standard InChI is InChI=1S/C18H26N4O/c1-12-5-3-7-15-18(12)21-16(20-15)8-9-17(23)22-10-4-6-14(11-22)13(2)19/h3,5,7,13-14H,4,6,8-11,19H2,1-2H3,(H,20,21)/t13-,14+/m0/s1. The van der Waals surface area contributed by atoms with Crippen LogP contribution in [0.3, 0.4) is 0 Å². The number of imidazole rings is 1. The molecule has 1 aliphatic rings. The molecule has 0 aliphatic carbocycles. The van der Waals surface area contributed by atoms with E-state index in [1.54, 1.807) is 0 Å². The summed E-state index contributed by atoms with van der Waals surface area (Å²) in [6.07, 6.45) is 3.35. The molecule has 1 aliphatic heterocycles. The molecule has 2 atom stereocenters. The Morgan fingerprint density at radius 2 is 2.35 bits per heavy atom. The summed E-state index contributed by atoms with van der Waals surface area (Å²) < 4.78 is 0. The average molecular weight is 314 g/mol. The summed E-state index contributed by atoms with van der Waals surface area (Å²) in [6.45, 7) is 5.76. The fourth-order valence-electron chi connectivity index (χ4n) is 3.39. The van der Waals surface area contributed by atoms with Crippen molar-refractivity contribution in [3.8, 4) is 0 Å². The van der Waals surface area contributed by atoms with E-state index in [1.165, 1.54) is 0 Å². The van der Waals surface area contributed by atoms with Crippen molar-refractivity contribution >= 4 is 16.9 Å². The number of nitrogens with one attached hydrogen (secondary N) is 1. The van der Waals surface area contributed by atoms with Crippen LogP contribution in [-0.2, 0) is 11.2 Å². The number of likely N-dealkylation sites (tertiary alicyclic amines) is 1. The Kier molecular flexibility index (Phi) is 4.66. The molecule has 2 aromatic rings. The number of carbonyl (C=O) groups excluding carboxylic acids is 1. The van der Waals surface area contributed by atoms with E-state index in [-0.39, 0.29) is 11.9 Å². The number of amides is 1. The maximum absolute atomic E-state index is 12.5. The van der Waals surface area contributed by atoms with Gasteiger partial charge in [0, 0.05) is 32.0 Å². The molecule has 1 saturated heterocycles. The van der Waals surface area contributed by atoms with Crippen molar-refractivity contribution in [2.75, 3.05) is 13.1 Å². The molecular formula is C18H26N4O. The first-order chi connectivity index (χ1) is 11.0. The van der Waals surface area contributed by atoms with Gasteiger partial charge in [-0.15, -0.1) is 0 Å². The highest BCUT2D eigenvalue weighted by Gasteiger charge is 2.25. The Morgan fingerprint density at radius 1 is 1.52 bits per heavy atom. The number of carbonyl (C=O) groups is 1. The van der Waals surface area contributed by atoms with Crippen molar-refractivity contribution in [2.24, 2.45) is 11.7 Å². The molecule has 0 spiro atoms. The lowest BCUT2D eigenvalue weighted by Gasteiger charge is -2.34. The third-order valence-electron chi connectivity index (χ3n) is 4.89. The molecule has 5 nitrogen and oxygen atoms in total. The van der Waals surface area contributed by atoms with E-state index in [9.17, 15) is 4.79 Å². The van der Waals surface area contributed by atoms with E-state index in [0.29, 0.717) is 18.8 Å². The third kappa shape index (κ3) is 3.55. The first kappa shape index (κ1) is 16.0. The van der Waals surface area contributed by atoms with Crippen molar-refractivity contribution < 1.29 is 4.79 Å². The normalized spacial score (nSPS) is 20.0. The second kappa shape index (κ2) is 6.71. The van der Waals surface area contributed by atoms with Gasteiger partial charge in [-0.25, -0.2) is 4.98 Å². The molecule has 1 aromatic heterocycles. The number of fused-ring (bicyclic) bond motifs is 1. The molecule has 1 fully saturated rings. The maximum atomic E-state index is 12.5. The summed E-state index contributed by atoms with van der Waals surface area (Å²) in [4.78, 5) is 22.4. The van der Waals surface area contributed by atoms with Gasteiger partial charge in [0.05, 0.1) is 11.0 Å². The minimum atomic E-state index is 0.156. The van der Waals surface area contributed by atoms with Crippen LogP contribution in [-0.4, -0.2) is 39.9 Å². The highest BCUT2D eigenvalue weighted by Crippen LogP contribution is 2.20. The predicted molar refractivity (Wildman–Crippen MR) is 92.1 cm³/mol. The molecule has 3 rings (SSSR count). The molecule has 2 heterocycles. The summed E-state index contributed by atoms with van der Waals surface area (Å²) in [5, 5.41) is 0. The van der Waals surface area contributed by atoms with Gasteiger partial charge in [0.1, 0.15) is 5.82 Å². The molecule has 0 unspecified atom stereocenters. The second-order valence-electron chi connectivity index (χ2n) is 6.76. The van der Waals surface area contributed by atoms with Crippen LogP contribution in [0.2, 0.25) is 0 Å². The maximum Gasteiger partial charge on any atom is 0.223 e. The summed E-state index contributed by atoms with van der Waals surface area (Å²) in [5.74, 6) is 1.54. The SMILES string of the molecule is Cc1cccc2[nH]c(CCC(=O)N3CCC[C@@H]([C@H](C)N)C3)nc12. The Hall–Kier alpha value is -1.88. The van der Waals surface area contributed by atoms with Gasteiger partial charge < -0.3 is 15.6 Å². The number of H-pyrrole nitrogens is 1. The fraction of sp³-hybridized carbons (Fsp3) is 0.556. The molecule has 1 amide bonds. The number of aromatic nitrogens is 2. The molecule has 0 saturated carbocycles. The van der Waals surface area contributed by atoms with Crippen LogP contribution in [0.25, 0.3) is 11.0 Å². The first-order valence-corrected chi connectivity index (χ1v) is 8.52. The van der Waals surface area contributed by atoms with Crippen molar-refractivity contribution in [1.82, 2.24) is 14.9 Å². The summed E-state index contributed by atoms with van der Waals surface area (Å²) in [6, 6.07) is 6.26. The monoisotopic (exact) mass is 314 g/mol. The number of rotatable bonds is 4. The Labute approximate surface area is 137 Å². The Morgan fingerprint density at radius 3 is 3.09 bits per heavy atom. The van der Waals surface area contributed by atoms with Crippen LogP contribution in [0.15, 0.2) is 18.2 Å². The molecule has 0 bridgehead atoms. The number of piperidine rings is 1. The minimum Gasteiger partial charge on any atom is -0.342 e.